The minimum Gasteiger partial charge on any atom is -0.350 e. The SMILES string of the molecule is FC(F)CN(CCCl)c1ccc(Cl)cn1. The molecule has 0 fully saturated rings. The van der Waals surface area contributed by atoms with Crippen molar-refractivity contribution in [1.82, 2.24) is 4.98 Å². The topological polar surface area (TPSA) is 16.1 Å². The predicted molar refractivity (Wildman–Crippen MR) is 58.2 cm³/mol. The zero-order chi connectivity index (χ0) is 11.3. The molecular formula is C9H10Cl2F2N2. The summed E-state index contributed by atoms with van der Waals surface area (Å²) in [4.78, 5) is 5.38. The molecule has 0 aliphatic heterocycles. The first-order valence-corrected chi connectivity index (χ1v) is 5.25. The largest absolute Gasteiger partial charge is 0.350 e. The molecule has 0 aliphatic rings. The first-order valence-electron chi connectivity index (χ1n) is 4.34. The molecule has 1 aromatic heterocycles. The Morgan fingerprint density at radius 1 is 1.40 bits per heavy atom. The van der Waals surface area contributed by atoms with Crippen molar-refractivity contribution in [3.8, 4) is 0 Å². The molecule has 0 unspecified atom stereocenters. The van der Waals surface area contributed by atoms with Crippen LogP contribution in [-0.4, -0.2) is 30.4 Å². The average Bonchev–Trinajstić information content (AvgIpc) is 2.17. The second kappa shape index (κ2) is 6.08. The highest BCUT2D eigenvalue weighted by Gasteiger charge is 2.13. The van der Waals surface area contributed by atoms with Crippen molar-refractivity contribution in [2.45, 2.75) is 6.43 Å². The van der Waals surface area contributed by atoms with Gasteiger partial charge in [0.2, 0.25) is 0 Å². The monoisotopic (exact) mass is 254 g/mol. The molecule has 0 atom stereocenters. The summed E-state index contributed by atoms with van der Waals surface area (Å²) in [5, 5.41) is 0.474. The number of hydrogen-bond acceptors (Lipinski definition) is 2. The van der Waals surface area contributed by atoms with E-state index in [2.05, 4.69) is 4.98 Å². The number of aromatic nitrogens is 1. The third kappa shape index (κ3) is 4.18. The fourth-order valence-electron chi connectivity index (χ4n) is 1.12. The molecular weight excluding hydrogens is 245 g/mol. The van der Waals surface area contributed by atoms with E-state index in [1.807, 2.05) is 0 Å². The lowest BCUT2D eigenvalue weighted by Crippen LogP contribution is -2.31. The lowest BCUT2D eigenvalue weighted by atomic mass is 10.4. The Morgan fingerprint density at radius 2 is 2.13 bits per heavy atom. The van der Waals surface area contributed by atoms with Crippen LogP contribution >= 0.6 is 23.2 Å². The molecule has 0 aliphatic carbocycles. The Hall–Kier alpha value is -0.610. The van der Waals surface area contributed by atoms with Gasteiger partial charge in [-0.2, -0.15) is 0 Å². The second-order valence-electron chi connectivity index (χ2n) is 2.86. The minimum absolute atomic E-state index is 0.275. The molecule has 1 aromatic rings. The van der Waals surface area contributed by atoms with Crippen LogP contribution in [0, 0.1) is 0 Å². The summed E-state index contributed by atoms with van der Waals surface area (Å²) in [6, 6.07) is 3.20. The molecule has 0 spiro atoms. The highest BCUT2D eigenvalue weighted by molar-refractivity contribution is 6.30. The maximum Gasteiger partial charge on any atom is 0.255 e. The number of hydrogen-bond donors (Lipinski definition) is 0. The van der Waals surface area contributed by atoms with Crippen LogP contribution in [0.25, 0.3) is 0 Å². The third-order valence-electron chi connectivity index (χ3n) is 1.75. The summed E-state index contributed by atoms with van der Waals surface area (Å²) in [5.74, 6) is 0.733. The standard InChI is InChI=1S/C9H10Cl2F2N2/c10-3-4-15(6-8(12)13)9-2-1-7(11)5-14-9/h1-2,5,8H,3-4,6H2. The molecule has 15 heavy (non-hydrogen) atoms. The first kappa shape index (κ1) is 12.5. The van der Waals surface area contributed by atoms with Gasteiger partial charge in [0.25, 0.3) is 6.43 Å². The van der Waals surface area contributed by atoms with E-state index in [1.54, 1.807) is 12.1 Å². The van der Waals surface area contributed by atoms with Crippen LogP contribution in [0.4, 0.5) is 14.6 Å². The van der Waals surface area contributed by atoms with Crippen molar-refractivity contribution in [2.75, 3.05) is 23.9 Å². The molecule has 0 N–H and O–H groups in total. The average molecular weight is 255 g/mol. The molecule has 0 aromatic carbocycles. The van der Waals surface area contributed by atoms with E-state index in [4.69, 9.17) is 23.2 Å². The van der Waals surface area contributed by atoms with Crippen molar-refractivity contribution >= 4 is 29.0 Å². The summed E-state index contributed by atoms with van der Waals surface area (Å²) in [7, 11) is 0. The fourth-order valence-corrected chi connectivity index (χ4v) is 1.44. The van der Waals surface area contributed by atoms with Crippen molar-refractivity contribution in [2.24, 2.45) is 0 Å². The van der Waals surface area contributed by atoms with E-state index in [9.17, 15) is 8.78 Å². The van der Waals surface area contributed by atoms with Gasteiger partial charge in [0, 0.05) is 18.6 Å². The highest BCUT2D eigenvalue weighted by Crippen LogP contribution is 2.15. The van der Waals surface area contributed by atoms with E-state index in [0.717, 1.165) is 0 Å². The Labute approximate surface area is 96.8 Å². The van der Waals surface area contributed by atoms with E-state index in [-0.39, 0.29) is 12.4 Å². The normalized spacial score (nSPS) is 10.7. The quantitative estimate of drug-likeness (QED) is 0.752. The predicted octanol–water partition coefficient (Wildman–Crippen LogP) is 3.05. The number of alkyl halides is 3. The van der Waals surface area contributed by atoms with Gasteiger partial charge in [0.1, 0.15) is 5.82 Å². The molecule has 0 bridgehead atoms. The molecule has 6 heteroatoms. The first-order chi connectivity index (χ1) is 7.13. The van der Waals surface area contributed by atoms with E-state index < -0.39 is 6.43 Å². The van der Waals surface area contributed by atoms with E-state index in [1.165, 1.54) is 11.1 Å². The number of pyridine rings is 1. The van der Waals surface area contributed by atoms with Gasteiger partial charge in [-0.05, 0) is 12.1 Å². The molecule has 0 saturated heterocycles. The Balaban J connectivity index is 2.74. The molecule has 0 radical (unpaired) electrons. The van der Waals surface area contributed by atoms with Gasteiger partial charge in [-0.3, -0.25) is 0 Å². The van der Waals surface area contributed by atoms with Crippen LogP contribution in [-0.2, 0) is 0 Å². The molecule has 0 amide bonds. The fraction of sp³-hybridized carbons (Fsp3) is 0.444. The van der Waals surface area contributed by atoms with Crippen LogP contribution in [0.15, 0.2) is 18.3 Å². The summed E-state index contributed by atoms with van der Waals surface area (Å²) in [6.07, 6.45) is -0.991. The molecule has 1 rings (SSSR count). The Kier molecular flexibility index (Phi) is 5.05. The molecule has 2 nitrogen and oxygen atoms in total. The lowest BCUT2D eigenvalue weighted by molar-refractivity contribution is 0.155. The zero-order valence-corrected chi connectivity index (χ0v) is 9.35. The summed E-state index contributed by atoms with van der Waals surface area (Å²) < 4.78 is 24.5. The van der Waals surface area contributed by atoms with Gasteiger partial charge in [0.15, 0.2) is 0 Å². The zero-order valence-electron chi connectivity index (χ0n) is 7.84. The highest BCUT2D eigenvalue weighted by atomic mass is 35.5. The number of rotatable bonds is 5. The van der Waals surface area contributed by atoms with Crippen LogP contribution in [0.1, 0.15) is 0 Å². The van der Waals surface area contributed by atoms with Crippen molar-refractivity contribution in [3.63, 3.8) is 0 Å². The van der Waals surface area contributed by atoms with Crippen LogP contribution in [0.2, 0.25) is 5.02 Å². The van der Waals surface area contributed by atoms with E-state index >= 15 is 0 Å². The van der Waals surface area contributed by atoms with Crippen molar-refractivity contribution < 1.29 is 8.78 Å². The Bertz CT molecular complexity index is 293. The number of halogens is 4. The lowest BCUT2D eigenvalue weighted by Gasteiger charge is -2.21. The maximum absolute atomic E-state index is 12.2. The summed E-state index contributed by atoms with van der Waals surface area (Å²) >= 11 is 11.2. The van der Waals surface area contributed by atoms with Crippen LogP contribution in [0.5, 0.6) is 0 Å². The van der Waals surface area contributed by atoms with E-state index in [0.29, 0.717) is 17.4 Å². The van der Waals surface area contributed by atoms with Gasteiger partial charge < -0.3 is 4.90 Å². The van der Waals surface area contributed by atoms with Gasteiger partial charge >= 0.3 is 0 Å². The van der Waals surface area contributed by atoms with Crippen molar-refractivity contribution in [3.05, 3.63) is 23.4 Å². The number of nitrogens with zero attached hydrogens (tertiary/aromatic N) is 2. The van der Waals surface area contributed by atoms with Crippen molar-refractivity contribution in [1.29, 1.82) is 0 Å². The third-order valence-corrected chi connectivity index (χ3v) is 2.14. The maximum atomic E-state index is 12.2. The Morgan fingerprint density at radius 3 is 2.60 bits per heavy atom. The number of anilines is 1. The van der Waals surface area contributed by atoms with Gasteiger partial charge in [-0.15, -0.1) is 11.6 Å². The summed E-state index contributed by atoms with van der Waals surface area (Å²) in [5.41, 5.74) is 0. The van der Waals surface area contributed by atoms with Crippen LogP contribution in [0.3, 0.4) is 0 Å². The minimum atomic E-state index is -2.41. The smallest absolute Gasteiger partial charge is 0.255 e. The molecule has 0 saturated carbocycles. The molecule has 84 valence electrons. The second-order valence-corrected chi connectivity index (χ2v) is 3.68. The van der Waals surface area contributed by atoms with Gasteiger partial charge in [-0.25, -0.2) is 13.8 Å². The van der Waals surface area contributed by atoms with Crippen LogP contribution < -0.4 is 4.90 Å². The summed E-state index contributed by atoms with van der Waals surface area (Å²) in [6.45, 7) is -0.0398. The van der Waals surface area contributed by atoms with Gasteiger partial charge in [0.05, 0.1) is 11.6 Å². The molecule has 1 heterocycles. The van der Waals surface area contributed by atoms with Gasteiger partial charge in [-0.1, -0.05) is 11.6 Å².